The van der Waals surface area contributed by atoms with E-state index in [4.69, 9.17) is 9.79 Å². The number of nitrogens with one attached hydrogen (secondary N) is 3. The number of halogens is 1. The van der Waals surface area contributed by atoms with Gasteiger partial charge in [0, 0.05) is 30.4 Å². The zero-order chi connectivity index (χ0) is 25.5. The van der Waals surface area contributed by atoms with Crippen LogP contribution in [0.5, 0.6) is 5.75 Å². The molecule has 4 rings (SSSR count). The first-order valence-electron chi connectivity index (χ1n) is 12.6. The minimum atomic E-state index is -4.87. The molecule has 11 nitrogen and oxygen atoms in total. The Kier molecular flexibility index (Phi) is 8.95. The number of nitrogens with zero attached hydrogens (tertiary/aromatic N) is 4. The molecule has 0 radical (unpaired) electrons. The lowest BCUT2D eigenvalue weighted by Gasteiger charge is -2.23. The molecular weight excluding hydrogens is 488 g/mol. The summed E-state index contributed by atoms with van der Waals surface area (Å²) >= 11 is 0. The third-order valence-corrected chi connectivity index (χ3v) is 7.06. The second-order valence-electron chi connectivity index (χ2n) is 9.30. The number of phosphoric acid groups is 1. The lowest BCUT2D eigenvalue weighted by atomic mass is 10.1. The first kappa shape index (κ1) is 26.5. The van der Waals surface area contributed by atoms with Crippen LogP contribution in [-0.2, 0) is 4.57 Å². The first-order chi connectivity index (χ1) is 17.3. The molecule has 0 bridgehead atoms. The lowest BCUT2D eigenvalue weighted by Crippen LogP contribution is -2.35. The fraction of sp³-hybridized carbons (Fsp3) is 0.609. The van der Waals surface area contributed by atoms with Gasteiger partial charge in [0.1, 0.15) is 0 Å². The van der Waals surface area contributed by atoms with Gasteiger partial charge in [0.15, 0.2) is 11.6 Å². The van der Waals surface area contributed by atoms with E-state index in [2.05, 4.69) is 47.2 Å². The molecule has 2 fully saturated rings. The Morgan fingerprint density at radius 3 is 2.47 bits per heavy atom. The minimum absolute atomic E-state index is 0.227. The van der Waals surface area contributed by atoms with Crippen molar-refractivity contribution in [1.29, 1.82) is 0 Å². The van der Waals surface area contributed by atoms with E-state index in [1.165, 1.54) is 25.3 Å². The molecule has 2 aliphatic rings. The van der Waals surface area contributed by atoms with Gasteiger partial charge in [0.05, 0.1) is 0 Å². The second kappa shape index (κ2) is 12.1. The summed E-state index contributed by atoms with van der Waals surface area (Å²) in [5.41, 5.74) is 0.302. The van der Waals surface area contributed by atoms with Crippen molar-refractivity contribution in [3.63, 3.8) is 0 Å². The summed E-state index contributed by atoms with van der Waals surface area (Å²) in [7, 11) is -4.87. The molecule has 1 saturated heterocycles. The molecule has 5 N–H and O–H groups in total. The molecule has 2 aromatic rings. The van der Waals surface area contributed by atoms with Gasteiger partial charge in [-0.25, -0.2) is 8.96 Å². The van der Waals surface area contributed by atoms with E-state index in [9.17, 15) is 8.96 Å². The number of benzene rings is 1. The summed E-state index contributed by atoms with van der Waals surface area (Å²) in [5, 5.41) is 9.77. The second-order valence-corrected chi connectivity index (χ2v) is 10.5. The van der Waals surface area contributed by atoms with Gasteiger partial charge in [-0.3, -0.25) is 14.7 Å². The highest BCUT2D eigenvalue weighted by Crippen LogP contribution is 2.39. The van der Waals surface area contributed by atoms with Crippen molar-refractivity contribution in [2.45, 2.75) is 70.4 Å². The van der Waals surface area contributed by atoms with Crippen molar-refractivity contribution in [2.24, 2.45) is 0 Å². The third-order valence-electron chi connectivity index (χ3n) is 6.63. The largest absolute Gasteiger partial charge is 0.524 e. The van der Waals surface area contributed by atoms with Crippen LogP contribution >= 0.6 is 7.82 Å². The van der Waals surface area contributed by atoms with E-state index in [0.29, 0.717) is 30.2 Å². The van der Waals surface area contributed by atoms with Gasteiger partial charge in [0.25, 0.3) is 0 Å². The molecule has 1 atom stereocenters. The third kappa shape index (κ3) is 7.73. The summed E-state index contributed by atoms with van der Waals surface area (Å²) in [5.74, 6) is -0.366. The highest BCUT2D eigenvalue weighted by Gasteiger charge is 2.23. The lowest BCUT2D eigenvalue weighted by molar-refractivity contribution is 0.276. The van der Waals surface area contributed by atoms with Crippen LogP contribution in [0.4, 0.5) is 27.9 Å². The molecule has 1 saturated carbocycles. The summed E-state index contributed by atoms with van der Waals surface area (Å²) in [4.78, 5) is 33.9. The van der Waals surface area contributed by atoms with Crippen LogP contribution in [0.1, 0.15) is 58.3 Å². The van der Waals surface area contributed by atoms with Crippen LogP contribution in [-0.4, -0.2) is 61.4 Å². The van der Waals surface area contributed by atoms with Crippen LogP contribution in [0, 0.1) is 5.82 Å². The number of anilines is 4. The molecule has 1 aliphatic carbocycles. The number of hydrogen-bond donors (Lipinski definition) is 5. The molecule has 0 spiro atoms. The van der Waals surface area contributed by atoms with E-state index >= 15 is 0 Å². The normalized spacial score (nSPS) is 19.6. The summed E-state index contributed by atoms with van der Waals surface area (Å²) in [6, 6.07) is 4.33. The van der Waals surface area contributed by atoms with Crippen LogP contribution in [0.15, 0.2) is 18.2 Å². The average molecular weight is 524 g/mol. The number of aromatic nitrogens is 3. The fourth-order valence-corrected chi connectivity index (χ4v) is 5.25. The maximum Gasteiger partial charge on any atom is 0.524 e. The Morgan fingerprint density at radius 2 is 1.78 bits per heavy atom. The van der Waals surface area contributed by atoms with Gasteiger partial charge < -0.3 is 20.5 Å². The monoisotopic (exact) mass is 523 g/mol. The standard InChI is InChI=1S/C23H35FN7O4P/c1-2-31-13-7-10-18(31)15-25-21-28-22(26-16-8-5-3-4-6-9-16)30-23(29-21)27-17-11-12-20(19(24)14-17)35-36(32,33)34/h11-12,14,16,18H,2-10,13,15H2,1H3,(H2,32,33,34)(H3,25,26,27,28,29,30). The zero-order valence-electron chi connectivity index (χ0n) is 20.5. The smallest absolute Gasteiger partial charge is 0.401 e. The van der Waals surface area contributed by atoms with E-state index in [1.54, 1.807) is 0 Å². The predicted molar refractivity (Wildman–Crippen MR) is 136 cm³/mol. The topological polar surface area (TPSA) is 145 Å². The minimum Gasteiger partial charge on any atom is -0.401 e. The van der Waals surface area contributed by atoms with Crippen molar-refractivity contribution < 1.29 is 23.3 Å². The summed E-state index contributed by atoms with van der Waals surface area (Å²) < 4.78 is 29.8. The zero-order valence-corrected chi connectivity index (χ0v) is 21.4. The van der Waals surface area contributed by atoms with Gasteiger partial charge in [-0.2, -0.15) is 15.0 Å². The SMILES string of the molecule is CCN1CCCC1CNc1nc(Nc2ccc(OP(=O)(O)O)c(F)c2)nc(NC2CCCCCC2)n1. The molecule has 1 aromatic carbocycles. The Balaban J connectivity index is 1.52. The van der Waals surface area contributed by atoms with Gasteiger partial charge >= 0.3 is 7.82 Å². The quantitative estimate of drug-likeness (QED) is 0.225. The van der Waals surface area contributed by atoms with Crippen LogP contribution in [0.25, 0.3) is 0 Å². The molecule has 36 heavy (non-hydrogen) atoms. The molecule has 1 aliphatic heterocycles. The van der Waals surface area contributed by atoms with E-state index in [0.717, 1.165) is 57.3 Å². The maximum atomic E-state index is 14.4. The fourth-order valence-electron chi connectivity index (χ4n) is 4.84. The van der Waals surface area contributed by atoms with Gasteiger partial charge in [-0.1, -0.05) is 32.6 Å². The van der Waals surface area contributed by atoms with Gasteiger partial charge in [-0.05, 0) is 50.9 Å². The summed E-state index contributed by atoms with van der Waals surface area (Å²) in [6.45, 7) is 4.96. The van der Waals surface area contributed by atoms with E-state index in [1.807, 2.05) is 0 Å². The van der Waals surface area contributed by atoms with E-state index in [-0.39, 0.29) is 12.0 Å². The first-order valence-corrected chi connectivity index (χ1v) is 14.1. The Bertz CT molecular complexity index is 1060. The van der Waals surface area contributed by atoms with Crippen molar-refractivity contribution in [3.8, 4) is 5.75 Å². The molecule has 198 valence electrons. The highest BCUT2D eigenvalue weighted by molar-refractivity contribution is 7.46. The Morgan fingerprint density at radius 1 is 1.06 bits per heavy atom. The summed E-state index contributed by atoms with van der Waals surface area (Å²) in [6.07, 6.45) is 9.19. The molecular formula is C23H35FN7O4P. The molecule has 2 heterocycles. The van der Waals surface area contributed by atoms with Gasteiger partial charge in [0.2, 0.25) is 17.8 Å². The van der Waals surface area contributed by atoms with Crippen LogP contribution in [0.2, 0.25) is 0 Å². The predicted octanol–water partition coefficient (Wildman–Crippen LogP) is 4.26. The van der Waals surface area contributed by atoms with Crippen molar-refractivity contribution in [3.05, 3.63) is 24.0 Å². The maximum absolute atomic E-state index is 14.4. The Labute approximate surface area is 210 Å². The van der Waals surface area contributed by atoms with Crippen molar-refractivity contribution >= 4 is 31.4 Å². The van der Waals surface area contributed by atoms with Crippen molar-refractivity contribution in [2.75, 3.05) is 35.6 Å². The number of likely N-dealkylation sites (tertiary alicyclic amines) is 1. The Hall–Kier alpha value is -2.53. The number of hydrogen-bond acceptors (Lipinski definition) is 9. The molecule has 13 heteroatoms. The molecule has 0 amide bonds. The molecule has 1 unspecified atom stereocenters. The number of likely N-dealkylation sites (N-methyl/N-ethyl adjacent to an activating group) is 1. The van der Waals surface area contributed by atoms with E-state index < -0.39 is 19.4 Å². The van der Waals surface area contributed by atoms with Gasteiger partial charge in [-0.15, -0.1) is 0 Å². The number of rotatable bonds is 10. The highest BCUT2D eigenvalue weighted by atomic mass is 31.2. The van der Waals surface area contributed by atoms with Crippen molar-refractivity contribution in [1.82, 2.24) is 19.9 Å². The van der Waals surface area contributed by atoms with Crippen LogP contribution < -0.4 is 20.5 Å². The molecule has 1 aromatic heterocycles. The average Bonchev–Trinajstić information content (AvgIpc) is 3.13. The van der Waals surface area contributed by atoms with Crippen LogP contribution in [0.3, 0.4) is 0 Å². The number of phosphoric ester groups is 1.